The number of aryl methyl sites for hydroxylation is 1. The molecule has 2 rings (SSSR count). The third-order valence-corrected chi connectivity index (χ3v) is 3.20. The minimum Gasteiger partial charge on any atom is -0.478 e. The van der Waals surface area contributed by atoms with Gasteiger partial charge in [0.15, 0.2) is 0 Å². The standard InChI is InChI=1S/C12H15NO3/c1-8-6-9(12(15)16)7-11(14)13(8)10-4-2-3-5-10/h6-7,10H,2-5H2,1H3,(H,15,16). The monoisotopic (exact) mass is 221 g/mol. The molecule has 1 fully saturated rings. The number of carbonyl (C=O) groups is 1. The molecule has 0 aliphatic heterocycles. The van der Waals surface area contributed by atoms with E-state index in [1.54, 1.807) is 17.6 Å². The van der Waals surface area contributed by atoms with Gasteiger partial charge in [-0.15, -0.1) is 0 Å². The van der Waals surface area contributed by atoms with Crippen LogP contribution < -0.4 is 5.56 Å². The van der Waals surface area contributed by atoms with Gasteiger partial charge in [-0.1, -0.05) is 12.8 Å². The molecule has 1 aromatic rings. The fourth-order valence-corrected chi connectivity index (χ4v) is 2.47. The van der Waals surface area contributed by atoms with Crippen molar-refractivity contribution in [3.05, 3.63) is 33.7 Å². The van der Waals surface area contributed by atoms with Gasteiger partial charge in [-0.05, 0) is 25.8 Å². The summed E-state index contributed by atoms with van der Waals surface area (Å²) < 4.78 is 1.74. The van der Waals surface area contributed by atoms with E-state index in [1.807, 2.05) is 0 Å². The van der Waals surface area contributed by atoms with Crippen LogP contribution in [-0.2, 0) is 0 Å². The molecule has 16 heavy (non-hydrogen) atoms. The van der Waals surface area contributed by atoms with Crippen LogP contribution >= 0.6 is 0 Å². The Kier molecular flexibility index (Phi) is 2.81. The fourth-order valence-electron chi connectivity index (χ4n) is 2.47. The summed E-state index contributed by atoms with van der Waals surface area (Å²) in [6, 6.07) is 3.05. The van der Waals surface area contributed by atoms with Crippen molar-refractivity contribution in [1.29, 1.82) is 0 Å². The van der Waals surface area contributed by atoms with Crippen molar-refractivity contribution in [2.45, 2.75) is 38.6 Å². The van der Waals surface area contributed by atoms with Crippen LogP contribution in [0.1, 0.15) is 47.8 Å². The number of nitrogens with zero attached hydrogens (tertiary/aromatic N) is 1. The van der Waals surface area contributed by atoms with Gasteiger partial charge in [0.05, 0.1) is 5.56 Å². The van der Waals surface area contributed by atoms with E-state index in [1.165, 1.54) is 6.07 Å². The molecular formula is C12H15NO3. The zero-order valence-corrected chi connectivity index (χ0v) is 9.27. The predicted octanol–water partition coefficient (Wildman–Crippen LogP) is 1.97. The molecule has 0 unspecified atom stereocenters. The van der Waals surface area contributed by atoms with Crippen LogP contribution in [0.5, 0.6) is 0 Å². The molecule has 1 N–H and O–H groups in total. The number of aromatic carboxylic acids is 1. The second kappa shape index (κ2) is 4.12. The smallest absolute Gasteiger partial charge is 0.335 e. The summed E-state index contributed by atoms with van der Waals surface area (Å²) in [7, 11) is 0. The van der Waals surface area contributed by atoms with E-state index < -0.39 is 5.97 Å². The highest BCUT2D eigenvalue weighted by Gasteiger charge is 2.20. The summed E-state index contributed by atoms with van der Waals surface area (Å²) >= 11 is 0. The Morgan fingerprint density at radius 3 is 2.50 bits per heavy atom. The second-order valence-corrected chi connectivity index (χ2v) is 4.34. The quantitative estimate of drug-likeness (QED) is 0.830. The first-order valence-electron chi connectivity index (χ1n) is 5.56. The summed E-state index contributed by atoms with van der Waals surface area (Å²) in [6.07, 6.45) is 4.34. The highest BCUT2D eigenvalue weighted by Crippen LogP contribution is 2.29. The minimum atomic E-state index is -1.04. The number of pyridine rings is 1. The van der Waals surface area contributed by atoms with E-state index in [0.717, 1.165) is 31.4 Å². The van der Waals surface area contributed by atoms with Gasteiger partial charge in [-0.3, -0.25) is 4.79 Å². The Labute approximate surface area is 93.5 Å². The highest BCUT2D eigenvalue weighted by molar-refractivity contribution is 5.87. The lowest BCUT2D eigenvalue weighted by molar-refractivity contribution is 0.0696. The lowest BCUT2D eigenvalue weighted by atomic mass is 10.1. The zero-order valence-electron chi connectivity index (χ0n) is 9.27. The number of rotatable bonds is 2. The van der Waals surface area contributed by atoms with E-state index in [4.69, 9.17) is 5.11 Å². The predicted molar refractivity (Wildman–Crippen MR) is 59.9 cm³/mol. The van der Waals surface area contributed by atoms with Crippen molar-refractivity contribution < 1.29 is 9.90 Å². The van der Waals surface area contributed by atoms with Crippen molar-refractivity contribution in [1.82, 2.24) is 4.57 Å². The third-order valence-electron chi connectivity index (χ3n) is 3.20. The summed E-state index contributed by atoms with van der Waals surface area (Å²) in [5.74, 6) is -1.04. The lowest BCUT2D eigenvalue weighted by Gasteiger charge is -2.16. The number of carboxylic acids is 1. The van der Waals surface area contributed by atoms with Crippen molar-refractivity contribution in [2.24, 2.45) is 0 Å². The van der Waals surface area contributed by atoms with Crippen LogP contribution in [0, 0.1) is 6.92 Å². The summed E-state index contributed by atoms with van der Waals surface area (Å²) in [6.45, 7) is 1.80. The molecule has 1 saturated carbocycles. The molecule has 0 atom stereocenters. The SMILES string of the molecule is Cc1cc(C(=O)O)cc(=O)n1C1CCCC1. The molecule has 4 heteroatoms. The van der Waals surface area contributed by atoms with Crippen LogP contribution in [0.3, 0.4) is 0 Å². The van der Waals surface area contributed by atoms with Gasteiger partial charge in [0.25, 0.3) is 5.56 Å². The Morgan fingerprint density at radius 1 is 1.38 bits per heavy atom. The molecule has 1 aliphatic carbocycles. The van der Waals surface area contributed by atoms with Gasteiger partial charge in [-0.2, -0.15) is 0 Å². The minimum absolute atomic E-state index is 0.0803. The number of hydrogen-bond donors (Lipinski definition) is 1. The second-order valence-electron chi connectivity index (χ2n) is 4.34. The Bertz CT molecular complexity index is 470. The van der Waals surface area contributed by atoms with E-state index in [-0.39, 0.29) is 17.2 Å². The highest BCUT2D eigenvalue weighted by atomic mass is 16.4. The Hall–Kier alpha value is -1.58. The van der Waals surface area contributed by atoms with Gasteiger partial charge in [-0.25, -0.2) is 4.79 Å². The summed E-state index contributed by atoms with van der Waals surface area (Å²) in [4.78, 5) is 22.6. The molecule has 4 nitrogen and oxygen atoms in total. The van der Waals surface area contributed by atoms with Gasteiger partial charge < -0.3 is 9.67 Å². The van der Waals surface area contributed by atoms with E-state index >= 15 is 0 Å². The number of carboxylic acid groups (broad SMARTS) is 1. The van der Waals surface area contributed by atoms with Gasteiger partial charge in [0.1, 0.15) is 0 Å². The van der Waals surface area contributed by atoms with Crippen LogP contribution in [0.15, 0.2) is 16.9 Å². The lowest BCUT2D eigenvalue weighted by Crippen LogP contribution is -2.26. The molecule has 1 heterocycles. The molecule has 86 valence electrons. The molecule has 0 aromatic carbocycles. The van der Waals surface area contributed by atoms with Crippen LogP contribution in [-0.4, -0.2) is 15.6 Å². The summed E-state index contributed by atoms with van der Waals surface area (Å²) in [5, 5.41) is 8.84. The maximum Gasteiger partial charge on any atom is 0.335 e. The molecule has 1 aliphatic rings. The first-order valence-corrected chi connectivity index (χ1v) is 5.56. The van der Waals surface area contributed by atoms with Gasteiger partial charge in [0.2, 0.25) is 0 Å². The average molecular weight is 221 g/mol. The van der Waals surface area contributed by atoms with Crippen molar-refractivity contribution in [2.75, 3.05) is 0 Å². The average Bonchev–Trinajstić information content (AvgIpc) is 2.69. The molecule has 0 amide bonds. The zero-order chi connectivity index (χ0) is 11.7. The topological polar surface area (TPSA) is 59.3 Å². The number of aromatic nitrogens is 1. The molecule has 0 radical (unpaired) electrons. The van der Waals surface area contributed by atoms with Crippen molar-refractivity contribution >= 4 is 5.97 Å². The maximum atomic E-state index is 11.9. The molecular weight excluding hydrogens is 206 g/mol. The van der Waals surface area contributed by atoms with Gasteiger partial charge >= 0.3 is 5.97 Å². The Morgan fingerprint density at radius 2 is 2.00 bits per heavy atom. The largest absolute Gasteiger partial charge is 0.478 e. The third kappa shape index (κ3) is 1.87. The van der Waals surface area contributed by atoms with Crippen LogP contribution in [0.25, 0.3) is 0 Å². The van der Waals surface area contributed by atoms with E-state index in [2.05, 4.69) is 0 Å². The first-order chi connectivity index (χ1) is 7.59. The fraction of sp³-hybridized carbons (Fsp3) is 0.500. The normalized spacial score (nSPS) is 16.6. The molecule has 0 saturated heterocycles. The van der Waals surface area contributed by atoms with Crippen LogP contribution in [0.4, 0.5) is 0 Å². The maximum absolute atomic E-state index is 11.9. The first kappa shape index (κ1) is 10.9. The van der Waals surface area contributed by atoms with E-state index in [0.29, 0.717) is 0 Å². The van der Waals surface area contributed by atoms with Crippen molar-refractivity contribution in [3.63, 3.8) is 0 Å². The molecule has 0 bridgehead atoms. The number of hydrogen-bond acceptors (Lipinski definition) is 2. The van der Waals surface area contributed by atoms with Crippen molar-refractivity contribution in [3.8, 4) is 0 Å². The Balaban J connectivity index is 2.47. The molecule has 0 spiro atoms. The van der Waals surface area contributed by atoms with Crippen LogP contribution in [0.2, 0.25) is 0 Å². The molecule has 1 aromatic heterocycles. The summed E-state index contributed by atoms with van der Waals surface area (Å²) in [5.41, 5.74) is 0.637. The van der Waals surface area contributed by atoms with Gasteiger partial charge in [0, 0.05) is 17.8 Å². The van der Waals surface area contributed by atoms with E-state index in [9.17, 15) is 9.59 Å².